The van der Waals surface area contributed by atoms with Crippen LogP contribution >= 0.6 is 23.2 Å². The minimum absolute atomic E-state index is 0.147. The number of nitrogens with one attached hydrogen (secondary N) is 1. The Bertz CT molecular complexity index is 626. The van der Waals surface area contributed by atoms with Crippen molar-refractivity contribution in [2.75, 3.05) is 5.32 Å². The summed E-state index contributed by atoms with van der Waals surface area (Å²) in [5.74, 6) is -2.08. The lowest BCUT2D eigenvalue weighted by molar-refractivity contribution is 0.102. The molecule has 2 rings (SSSR count). The predicted molar refractivity (Wildman–Crippen MR) is 72.5 cm³/mol. The van der Waals surface area contributed by atoms with Crippen molar-refractivity contribution in [2.24, 2.45) is 0 Å². The molecule has 0 aliphatic heterocycles. The molecule has 0 saturated heterocycles. The summed E-state index contributed by atoms with van der Waals surface area (Å²) in [5, 5.41) is 12.3. The van der Waals surface area contributed by atoms with E-state index in [9.17, 15) is 14.3 Å². The van der Waals surface area contributed by atoms with E-state index in [4.69, 9.17) is 23.2 Å². The maximum atomic E-state index is 13.5. The molecular formula is C13H8Cl2FNO2. The van der Waals surface area contributed by atoms with Crippen LogP contribution in [-0.2, 0) is 0 Å². The highest BCUT2D eigenvalue weighted by Crippen LogP contribution is 2.30. The molecule has 0 spiro atoms. The van der Waals surface area contributed by atoms with E-state index < -0.39 is 23.0 Å². The molecule has 0 unspecified atom stereocenters. The summed E-state index contributed by atoms with van der Waals surface area (Å²) in [4.78, 5) is 11.9. The van der Waals surface area contributed by atoms with Crippen molar-refractivity contribution < 1.29 is 14.3 Å². The van der Waals surface area contributed by atoms with Crippen molar-refractivity contribution in [2.45, 2.75) is 0 Å². The molecule has 2 N–H and O–H groups in total. The van der Waals surface area contributed by atoms with Crippen LogP contribution < -0.4 is 5.32 Å². The summed E-state index contributed by atoms with van der Waals surface area (Å²) in [6.45, 7) is 0. The van der Waals surface area contributed by atoms with Crippen LogP contribution in [0.15, 0.2) is 36.4 Å². The molecule has 3 nitrogen and oxygen atoms in total. The molecule has 19 heavy (non-hydrogen) atoms. The van der Waals surface area contributed by atoms with E-state index in [1.165, 1.54) is 18.2 Å². The Morgan fingerprint density at radius 2 is 1.84 bits per heavy atom. The molecule has 0 aliphatic rings. The molecule has 0 atom stereocenters. The summed E-state index contributed by atoms with van der Waals surface area (Å²) in [6.07, 6.45) is 0. The van der Waals surface area contributed by atoms with Gasteiger partial charge in [0.2, 0.25) is 0 Å². The standard InChI is InChI=1S/C13H8Cl2FNO2/c14-7-3-1-5-9(12(7)15)17-13(19)11-8(16)4-2-6-10(11)18/h1-6,18H,(H,17,19). The second kappa shape index (κ2) is 5.47. The van der Waals surface area contributed by atoms with Crippen LogP contribution in [0.3, 0.4) is 0 Å². The molecule has 0 radical (unpaired) electrons. The Labute approximate surface area is 118 Å². The second-order valence-electron chi connectivity index (χ2n) is 3.69. The van der Waals surface area contributed by atoms with Gasteiger partial charge in [0.15, 0.2) is 0 Å². The summed E-state index contributed by atoms with van der Waals surface area (Å²) < 4.78 is 13.5. The van der Waals surface area contributed by atoms with Gasteiger partial charge < -0.3 is 10.4 Å². The van der Waals surface area contributed by atoms with E-state index >= 15 is 0 Å². The number of carbonyl (C=O) groups excluding carboxylic acids is 1. The lowest BCUT2D eigenvalue weighted by Gasteiger charge is -2.09. The zero-order valence-electron chi connectivity index (χ0n) is 9.45. The van der Waals surface area contributed by atoms with Crippen LogP contribution in [0.25, 0.3) is 0 Å². The Morgan fingerprint density at radius 1 is 1.16 bits per heavy atom. The molecule has 0 heterocycles. The third kappa shape index (κ3) is 2.80. The zero-order chi connectivity index (χ0) is 14.0. The van der Waals surface area contributed by atoms with Gasteiger partial charge in [0.1, 0.15) is 17.1 Å². The van der Waals surface area contributed by atoms with E-state index in [0.29, 0.717) is 0 Å². The highest BCUT2D eigenvalue weighted by molar-refractivity contribution is 6.44. The molecule has 0 bridgehead atoms. The van der Waals surface area contributed by atoms with E-state index in [-0.39, 0.29) is 15.7 Å². The Kier molecular flexibility index (Phi) is 3.93. The Balaban J connectivity index is 2.34. The lowest BCUT2D eigenvalue weighted by atomic mass is 10.1. The smallest absolute Gasteiger partial charge is 0.262 e. The highest BCUT2D eigenvalue weighted by Gasteiger charge is 2.17. The lowest BCUT2D eigenvalue weighted by Crippen LogP contribution is -2.14. The molecule has 0 saturated carbocycles. The highest BCUT2D eigenvalue weighted by atomic mass is 35.5. The van der Waals surface area contributed by atoms with Gasteiger partial charge in [0, 0.05) is 0 Å². The number of halogens is 3. The normalized spacial score (nSPS) is 10.3. The number of phenolic OH excluding ortho intramolecular Hbond substituents is 1. The molecule has 0 fully saturated rings. The minimum Gasteiger partial charge on any atom is -0.507 e. The van der Waals surface area contributed by atoms with Gasteiger partial charge in [-0.15, -0.1) is 0 Å². The van der Waals surface area contributed by atoms with Crippen LogP contribution in [0.2, 0.25) is 10.0 Å². The van der Waals surface area contributed by atoms with Gasteiger partial charge in [-0.1, -0.05) is 35.3 Å². The van der Waals surface area contributed by atoms with Crippen molar-refractivity contribution in [1.29, 1.82) is 0 Å². The SMILES string of the molecule is O=C(Nc1cccc(Cl)c1Cl)c1c(O)cccc1F. The molecule has 1 amide bonds. The maximum Gasteiger partial charge on any atom is 0.262 e. The summed E-state index contributed by atoms with van der Waals surface area (Å²) >= 11 is 11.7. The van der Waals surface area contributed by atoms with Gasteiger partial charge in [0.25, 0.3) is 5.91 Å². The first-order valence-corrected chi connectivity index (χ1v) is 5.99. The fourth-order valence-corrected chi connectivity index (χ4v) is 1.87. The quantitative estimate of drug-likeness (QED) is 0.877. The fraction of sp³-hybridized carbons (Fsp3) is 0. The summed E-state index contributed by atoms with van der Waals surface area (Å²) in [5.41, 5.74) is -0.208. The minimum atomic E-state index is -0.823. The van der Waals surface area contributed by atoms with Crippen molar-refractivity contribution in [3.8, 4) is 5.75 Å². The molecule has 2 aromatic carbocycles. The number of hydrogen-bond donors (Lipinski definition) is 2. The number of aromatic hydroxyl groups is 1. The van der Waals surface area contributed by atoms with Crippen molar-refractivity contribution in [3.05, 3.63) is 57.8 Å². The summed E-state index contributed by atoms with van der Waals surface area (Å²) in [7, 11) is 0. The molecule has 2 aromatic rings. The van der Waals surface area contributed by atoms with Crippen LogP contribution in [-0.4, -0.2) is 11.0 Å². The predicted octanol–water partition coefficient (Wildman–Crippen LogP) is 4.09. The molecular weight excluding hydrogens is 292 g/mol. The van der Waals surface area contributed by atoms with Crippen molar-refractivity contribution in [1.82, 2.24) is 0 Å². The average molecular weight is 300 g/mol. The molecule has 98 valence electrons. The first-order chi connectivity index (χ1) is 9.00. The number of amides is 1. The van der Waals surface area contributed by atoms with Gasteiger partial charge in [-0.25, -0.2) is 4.39 Å². The number of anilines is 1. The first-order valence-electron chi connectivity index (χ1n) is 5.23. The summed E-state index contributed by atoms with van der Waals surface area (Å²) in [6, 6.07) is 8.26. The van der Waals surface area contributed by atoms with Crippen LogP contribution in [0.5, 0.6) is 5.75 Å². The third-order valence-electron chi connectivity index (χ3n) is 2.42. The van der Waals surface area contributed by atoms with E-state index in [1.807, 2.05) is 0 Å². The monoisotopic (exact) mass is 299 g/mol. The van der Waals surface area contributed by atoms with Gasteiger partial charge in [-0.05, 0) is 24.3 Å². The number of benzene rings is 2. The second-order valence-corrected chi connectivity index (χ2v) is 4.47. The van der Waals surface area contributed by atoms with E-state index in [1.54, 1.807) is 12.1 Å². The topological polar surface area (TPSA) is 49.3 Å². The van der Waals surface area contributed by atoms with Crippen LogP contribution in [0, 0.1) is 5.82 Å². The van der Waals surface area contributed by atoms with Gasteiger partial charge in [0.05, 0.1) is 15.7 Å². The van der Waals surface area contributed by atoms with Crippen molar-refractivity contribution >= 4 is 34.8 Å². The van der Waals surface area contributed by atoms with Gasteiger partial charge >= 0.3 is 0 Å². The molecule has 0 aromatic heterocycles. The zero-order valence-corrected chi connectivity index (χ0v) is 11.0. The Morgan fingerprint density at radius 3 is 2.53 bits per heavy atom. The number of rotatable bonds is 2. The van der Waals surface area contributed by atoms with Gasteiger partial charge in [-0.3, -0.25) is 4.79 Å². The number of carbonyl (C=O) groups is 1. The first kappa shape index (κ1) is 13.6. The number of phenols is 1. The molecule has 0 aliphatic carbocycles. The van der Waals surface area contributed by atoms with Gasteiger partial charge in [-0.2, -0.15) is 0 Å². The van der Waals surface area contributed by atoms with E-state index in [2.05, 4.69) is 5.32 Å². The largest absolute Gasteiger partial charge is 0.507 e. The molecule has 6 heteroatoms. The van der Waals surface area contributed by atoms with E-state index in [0.717, 1.165) is 6.07 Å². The van der Waals surface area contributed by atoms with Crippen LogP contribution in [0.4, 0.5) is 10.1 Å². The average Bonchev–Trinajstić information content (AvgIpc) is 2.35. The maximum absolute atomic E-state index is 13.5. The van der Waals surface area contributed by atoms with Crippen molar-refractivity contribution in [3.63, 3.8) is 0 Å². The fourth-order valence-electron chi connectivity index (χ4n) is 1.52. The third-order valence-corrected chi connectivity index (χ3v) is 3.24. The Hall–Kier alpha value is -1.78. The number of hydrogen-bond acceptors (Lipinski definition) is 2. The van der Waals surface area contributed by atoms with Crippen LogP contribution in [0.1, 0.15) is 10.4 Å².